The second-order valence-corrected chi connectivity index (χ2v) is 8.89. The number of hydrogen-bond acceptors (Lipinski definition) is 4. The number of nitrogens with one attached hydrogen (secondary N) is 1. The largest absolute Gasteiger partial charge is 0.348 e. The molecule has 31 heavy (non-hydrogen) atoms. The molecule has 0 unspecified atom stereocenters. The van der Waals surface area contributed by atoms with Gasteiger partial charge in [-0.1, -0.05) is 24.3 Å². The first-order valence-electron chi connectivity index (χ1n) is 10.8. The van der Waals surface area contributed by atoms with E-state index in [9.17, 15) is 14.4 Å². The summed E-state index contributed by atoms with van der Waals surface area (Å²) in [5.74, 6) is 0.490. The molecule has 0 bridgehead atoms. The molecule has 2 aromatic carbocycles. The monoisotopic (exact) mass is 437 g/mol. The predicted molar refractivity (Wildman–Crippen MR) is 122 cm³/mol. The second-order valence-electron chi connectivity index (χ2n) is 7.87. The van der Waals surface area contributed by atoms with Crippen LogP contribution in [0.5, 0.6) is 0 Å². The average molecular weight is 438 g/mol. The average Bonchev–Trinajstić information content (AvgIpc) is 3.48. The molecule has 3 amide bonds. The first kappa shape index (κ1) is 21.4. The first-order valence-corrected chi connectivity index (χ1v) is 11.8. The Morgan fingerprint density at radius 3 is 2.39 bits per heavy atom. The summed E-state index contributed by atoms with van der Waals surface area (Å²) in [5.41, 5.74) is 2.46. The predicted octanol–water partition coefficient (Wildman–Crippen LogP) is 3.46. The van der Waals surface area contributed by atoms with Crippen LogP contribution in [0.1, 0.15) is 41.6 Å². The first-order chi connectivity index (χ1) is 15.1. The zero-order valence-electron chi connectivity index (χ0n) is 17.5. The van der Waals surface area contributed by atoms with Gasteiger partial charge >= 0.3 is 0 Å². The Morgan fingerprint density at radius 1 is 0.935 bits per heavy atom. The van der Waals surface area contributed by atoms with Crippen LogP contribution in [0.25, 0.3) is 0 Å². The van der Waals surface area contributed by atoms with E-state index < -0.39 is 0 Å². The topological polar surface area (TPSA) is 69.7 Å². The van der Waals surface area contributed by atoms with E-state index in [1.54, 1.807) is 11.0 Å². The molecular formula is C24H27N3O3S. The number of rotatable bonds is 7. The summed E-state index contributed by atoms with van der Waals surface area (Å²) >= 11 is 1.42. The third kappa shape index (κ3) is 5.28. The maximum absolute atomic E-state index is 12.8. The van der Waals surface area contributed by atoms with Gasteiger partial charge in [-0.05, 0) is 49.1 Å². The molecule has 4 rings (SSSR count). The van der Waals surface area contributed by atoms with Crippen molar-refractivity contribution in [2.75, 3.05) is 30.3 Å². The zero-order valence-corrected chi connectivity index (χ0v) is 18.3. The smallest absolute Gasteiger partial charge is 0.252 e. The van der Waals surface area contributed by atoms with Gasteiger partial charge < -0.3 is 15.1 Å². The van der Waals surface area contributed by atoms with Crippen LogP contribution in [0.2, 0.25) is 0 Å². The van der Waals surface area contributed by atoms with Crippen LogP contribution in [0.15, 0.2) is 53.4 Å². The Morgan fingerprint density at radius 2 is 1.68 bits per heavy atom. The summed E-state index contributed by atoms with van der Waals surface area (Å²) < 4.78 is 0. The van der Waals surface area contributed by atoms with Crippen molar-refractivity contribution in [3.63, 3.8) is 0 Å². The Labute approximate surface area is 187 Å². The lowest BCUT2D eigenvalue weighted by molar-refractivity contribution is -0.127. The number of carbonyl (C=O) groups excluding carboxylic acids is 3. The number of carbonyl (C=O) groups is 3. The summed E-state index contributed by atoms with van der Waals surface area (Å²) in [7, 11) is 0. The number of hydrogen-bond donors (Lipinski definition) is 1. The van der Waals surface area contributed by atoms with Crippen molar-refractivity contribution in [3.05, 3.63) is 59.7 Å². The standard InChI is InChI=1S/C24H27N3O3S/c28-22-8-5-15-27(22)19-11-9-18(10-12-19)16-25-24(30)20-6-1-2-7-21(20)31-17-23(29)26-13-3-4-14-26/h1-2,6-7,9-12H,3-5,8,13-17H2,(H,25,30). The van der Waals surface area contributed by atoms with E-state index in [1.165, 1.54) is 11.8 Å². The van der Waals surface area contributed by atoms with Crippen molar-refractivity contribution >= 4 is 35.2 Å². The number of benzene rings is 2. The van der Waals surface area contributed by atoms with Gasteiger partial charge in [-0.25, -0.2) is 0 Å². The molecule has 0 atom stereocenters. The van der Waals surface area contributed by atoms with Gasteiger partial charge in [0, 0.05) is 43.2 Å². The Hall–Kier alpha value is -2.80. The Balaban J connectivity index is 1.33. The Bertz CT molecular complexity index is 955. The Kier molecular flexibility index (Phi) is 6.92. The van der Waals surface area contributed by atoms with E-state index in [-0.39, 0.29) is 17.7 Å². The molecule has 1 N–H and O–H groups in total. The molecule has 0 radical (unpaired) electrons. The molecule has 2 saturated heterocycles. The van der Waals surface area contributed by atoms with Crippen LogP contribution in [-0.2, 0) is 16.1 Å². The summed E-state index contributed by atoms with van der Waals surface area (Å²) in [5, 5.41) is 2.97. The van der Waals surface area contributed by atoms with Gasteiger partial charge in [0.05, 0.1) is 11.3 Å². The molecule has 0 aliphatic carbocycles. The van der Waals surface area contributed by atoms with Crippen LogP contribution in [0.4, 0.5) is 5.69 Å². The fraction of sp³-hybridized carbons (Fsp3) is 0.375. The summed E-state index contributed by atoms with van der Waals surface area (Å²) in [6, 6.07) is 15.1. The lowest BCUT2D eigenvalue weighted by Gasteiger charge is -2.16. The third-order valence-corrected chi connectivity index (χ3v) is 6.77. The third-order valence-electron chi connectivity index (χ3n) is 5.72. The molecule has 0 saturated carbocycles. The van der Waals surface area contributed by atoms with Crippen molar-refractivity contribution in [1.82, 2.24) is 10.2 Å². The van der Waals surface area contributed by atoms with Gasteiger partial charge in [0.25, 0.3) is 5.91 Å². The fourth-order valence-corrected chi connectivity index (χ4v) is 4.92. The quantitative estimate of drug-likeness (QED) is 0.674. The lowest BCUT2D eigenvalue weighted by Crippen LogP contribution is -2.29. The number of nitrogens with zero attached hydrogens (tertiary/aromatic N) is 2. The highest BCUT2D eigenvalue weighted by Gasteiger charge is 2.22. The molecule has 2 heterocycles. The van der Waals surface area contributed by atoms with E-state index in [4.69, 9.17) is 0 Å². The lowest BCUT2D eigenvalue weighted by atomic mass is 10.1. The van der Waals surface area contributed by atoms with Crippen molar-refractivity contribution in [2.24, 2.45) is 0 Å². The van der Waals surface area contributed by atoms with Crippen LogP contribution < -0.4 is 10.2 Å². The van der Waals surface area contributed by atoms with Crippen molar-refractivity contribution < 1.29 is 14.4 Å². The molecule has 0 spiro atoms. The minimum Gasteiger partial charge on any atom is -0.348 e. The molecule has 7 heteroatoms. The van der Waals surface area contributed by atoms with Gasteiger partial charge in [-0.3, -0.25) is 14.4 Å². The minimum atomic E-state index is -0.157. The molecule has 2 fully saturated rings. The van der Waals surface area contributed by atoms with E-state index >= 15 is 0 Å². The van der Waals surface area contributed by atoms with E-state index in [0.717, 1.165) is 55.0 Å². The number of thioether (sulfide) groups is 1. The SMILES string of the molecule is O=C(NCc1ccc(N2CCCC2=O)cc1)c1ccccc1SCC(=O)N1CCCC1. The molecule has 0 aromatic heterocycles. The minimum absolute atomic E-state index is 0.134. The number of likely N-dealkylation sites (tertiary alicyclic amines) is 1. The second kappa shape index (κ2) is 10.0. The highest BCUT2D eigenvalue weighted by Crippen LogP contribution is 2.24. The summed E-state index contributed by atoms with van der Waals surface area (Å²) in [4.78, 5) is 41.5. The van der Waals surface area contributed by atoms with E-state index in [1.807, 2.05) is 47.4 Å². The van der Waals surface area contributed by atoms with Crippen LogP contribution in [0.3, 0.4) is 0 Å². The van der Waals surface area contributed by atoms with E-state index in [0.29, 0.717) is 24.3 Å². The summed E-state index contributed by atoms with van der Waals surface area (Å²) in [6.45, 7) is 2.85. The molecular weight excluding hydrogens is 410 g/mol. The van der Waals surface area contributed by atoms with Gasteiger partial charge in [0.1, 0.15) is 0 Å². The van der Waals surface area contributed by atoms with Crippen molar-refractivity contribution in [1.29, 1.82) is 0 Å². The maximum Gasteiger partial charge on any atom is 0.252 e. The van der Waals surface area contributed by atoms with Crippen LogP contribution >= 0.6 is 11.8 Å². The number of anilines is 1. The van der Waals surface area contributed by atoms with Gasteiger partial charge in [-0.15, -0.1) is 11.8 Å². The van der Waals surface area contributed by atoms with Crippen LogP contribution in [-0.4, -0.2) is 48.0 Å². The fourth-order valence-electron chi connectivity index (χ4n) is 3.97. The highest BCUT2D eigenvalue weighted by molar-refractivity contribution is 8.00. The van der Waals surface area contributed by atoms with Gasteiger partial charge in [-0.2, -0.15) is 0 Å². The van der Waals surface area contributed by atoms with Crippen molar-refractivity contribution in [3.8, 4) is 0 Å². The van der Waals surface area contributed by atoms with Crippen molar-refractivity contribution in [2.45, 2.75) is 37.1 Å². The number of amides is 3. The molecule has 2 aliphatic rings. The molecule has 6 nitrogen and oxygen atoms in total. The normalized spacial score (nSPS) is 16.1. The summed E-state index contributed by atoms with van der Waals surface area (Å²) in [6.07, 6.45) is 3.66. The van der Waals surface area contributed by atoms with E-state index in [2.05, 4.69) is 5.32 Å². The highest BCUT2D eigenvalue weighted by atomic mass is 32.2. The molecule has 2 aromatic rings. The molecule has 162 valence electrons. The van der Waals surface area contributed by atoms with Gasteiger partial charge in [0.15, 0.2) is 0 Å². The molecule has 2 aliphatic heterocycles. The zero-order chi connectivity index (χ0) is 21.6. The van der Waals surface area contributed by atoms with Crippen LogP contribution in [0, 0.1) is 0 Å². The van der Waals surface area contributed by atoms with Gasteiger partial charge in [0.2, 0.25) is 11.8 Å². The maximum atomic E-state index is 12.8.